The molecule has 162 valence electrons. The zero-order valence-corrected chi connectivity index (χ0v) is 18.9. The van der Waals surface area contributed by atoms with Crippen LogP contribution in [-0.4, -0.2) is 57.7 Å². The molecule has 0 aliphatic rings. The molecule has 0 atom stereocenters. The monoisotopic (exact) mass is 460 g/mol. The average molecular weight is 461 g/mol. The van der Waals surface area contributed by atoms with Crippen molar-refractivity contribution in [1.29, 1.82) is 0 Å². The number of carboxylic acids is 1. The van der Waals surface area contributed by atoms with E-state index in [1.165, 1.54) is 16.2 Å². The summed E-state index contributed by atoms with van der Waals surface area (Å²) in [5.41, 5.74) is 2.52. The molecular weight excluding hydrogens is 440 g/mol. The van der Waals surface area contributed by atoms with Gasteiger partial charge in [-0.05, 0) is 36.4 Å². The molecule has 2 aromatic carbocycles. The number of nitrogens with one attached hydrogen (secondary N) is 2. The van der Waals surface area contributed by atoms with Gasteiger partial charge in [-0.3, -0.25) is 0 Å². The lowest BCUT2D eigenvalue weighted by molar-refractivity contribution is 0.0697. The Morgan fingerprint density at radius 3 is 2.48 bits per heavy atom. The number of hydrogen-bond donors (Lipinski definition) is 3. The van der Waals surface area contributed by atoms with Gasteiger partial charge < -0.3 is 25.2 Å². The molecule has 3 N–H and O–H groups in total. The van der Waals surface area contributed by atoms with Crippen LogP contribution in [0.1, 0.15) is 10.4 Å². The van der Waals surface area contributed by atoms with Gasteiger partial charge in [0.25, 0.3) is 0 Å². The summed E-state index contributed by atoms with van der Waals surface area (Å²) in [6.07, 6.45) is 0. The number of nitrogens with zero attached hydrogens (tertiary/aromatic N) is 4. The molecule has 4 aromatic rings. The summed E-state index contributed by atoms with van der Waals surface area (Å²) in [7, 11) is 6.85. The van der Waals surface area contributed by atoms with Crippen LogP contribution in [0.3, 0.4) is 0 Å². The summed E-state index contributed by atoms with van der Waals surface area (Å²) in [5.74, 6) is -0.377. The molecule has 2 amide bonds. The van der Waals surface area contributed by atoms with E-state index in [-0.39, 0.29) is 11.6 Å². The van der Waals surface area contributed by atoms with Gasteiger partial charge in [0.1, 0.15) is 0 Å². The highest BCUT2D eigenvalue weighted by Gasteiger charge is 2.13. The lowest BCUT2D eigenvalue weighted by atomic mass is 10.2. The largest absolute Gasteiger partial charge is 0.478 e. The van der Waals surface area contributed by atoms with Crippen molar-refractivity contribution in [3.63, 3.8) is 0 Å². The number of hydrogen-bond acceptors (Lipinski definition) is 6. The summed E-state index contributed by atoms with van der Waals surface area (Å²) in [5, 5.41) is 16.1. The number of halogens is 1. The molecule has 0 aliphatic heterocycles. The SMILES string of the molecule is CNC(=O)N(C)C.Cn1c(Nc2nc3ccc(Cl)cc3s2)nc2cc(C(=O)O)ccc21. The number of carbonyl (C=O) groups is 2. The van der Waals surface area contributed by atoms with Crippen molar-refractivity contribution in [3.8, 4) is 0 Å². The van der Waals surface area contributed by atoms with Crippen LogP contribution in [0.4, 0.5) is 15.9 Å². The second-order valence-corrected chi connectivity index (χ2v) is 8.18. The van der Waals surface area contributed by atoms with E-state index in [9.17, 15) is 9.59 Å². The van der Waals surface area contributed by atoms with Crippen LogP contribution in [0.25, 0.3) is 21.3 Å². The van der Waals surface area contributed by atoms with E-state index in [0.29, 0.717) is 21.6 Å². The van der Waals surface area contributed by atoms with Crippen LogP contribution >= 0.6 is 22.9 Å². The van der Waals surface area contributed by atoms with Crippen molar-refractivity contribution >= 4 is 67.3 Å². The summed E-state index contributed by atoms with van der Waals surface area (Å²) in [4.78, 5) is 31.9. The molecule has 31 heavy (non-hydrogen) atoms. The van der Waals surface area contributed by atoms with Gasteiger partial charge in [-0.15, -0.1) is 0 Å². The van der Waals surface area contributed by atoms with Crippen molar-refractivity contribution in [2.24, 2.45) is 7.05 Å². The third-order valence-corrected chi connectivity index (χ3v) is 5.49. The Labute approximate surface area is 187 Å². The summed E-state index contributed by atoms with van der Waals surface area (Å²) in [6, 6.07) is 10.3. The molecule has 0 aliphatic carbocycles. The standard InChI is InChI=1S/C16H11ClN4O2S.C4H10N2O/c1-21-12-5-2-8(14(22)23)6-11(12)18-15(21)20-16-19-10-4-3-9(17)7-13(10)24-16;1-5-4(7)6(2)3/h2-7H,1H3,(H,22,23)(H,18,19,20);1-3H3,(H,5,7). The Bertz CT molecular complexity index is 1270. The van der Waals surface area contributed by atoms with E-state index >= 15 is 0 Å². The van der Waals surface area contributed by atoms with E-state index < -0.39 is 5.97 Å². The maximum atomic E-state index is 11.1. The van der Waals surface area contributed by atoms with E-state index in [4.69, 9.17) is 16.7 Å². The van der Waals surface area contributed by atoms with Gasteiger partial charge in [0.15, 0.2) is 5.13 Å². The Hall–Kier alpha value is -3.37. The average Bonchev–Trinajstić information content (AvgIpc) is 3.27. The molecule has 2 aromatic heterocycles. The molecule has 0 fully saturated rings. The number of anilines is 2. The predicted octanol–water partition coefficient (Wildman–Crippen LogP) is 4.17. The fourth-order valence-corrected chi connectivity index (χ4v) is 3.85. The normalized spacial score (nSPS) is 10.5. The molecule has 2 heterocycles. The number of rotatable bonds is 3. The molecule has 0 radical (unpaired) electrons. The molecule has 11 heteroatoms. The Kier molecular flexibility index (Phi) is 6.62. The number of urea groups is 1. The van der Waals surface area contributed by atoms with Crippen molar-refractivity contribution in [3.05, 3.63) is 47.0 Å². The lowest BCUT2D eigenvalue weighted by Gasteiger charge is -2.06. The van der Waals surface area contributed by atoms with Gasteiger partial charge >= 0.3 is 12.0 Å². The van der Waals surface area contributed by atoms with Gasteiger partial charge in [-0.2, -0.15) is 0 Å². The Morgan fingerprint density at radius 1 is 1.13 bits per heavy atom. The zero-order valence-electron chi connectivity index (χ0n) is 17.3. The van der Waals surface area contributed by atoms with Gasteiger partial charge in [0.2, 0.25) is 5.95 Å². The van der Waals surface area contributed by atoms with Gasteiger partial charge in [0, 0.05) is 33.2 Å². The maximum Gasteiger partial charge on any atom is 0.335 e. The zero-order chi connectivity index (χ0) is 22.7. The summed E-state index contributed by atoms with van der Waals surface area (Å²) in [6.45, 7) is 0. The minimum Gasteiger partial charge on any atom is -0.478 e. The van der Waals surface area contributed by atoms with Gasteiger partial charge in [0.05, 0.1) is 26.8 Å². The predicted molar refractivity (Wildman–Crippen MR) is 124 cm³/mol. The van der Waals surface area contributed by atoms with Crippen molar-refractivity contribution in [2.45, 2.75) is 0 Å². The molecule has 0 spiro atoms. The van der Waals surface area contributed by atoms with E-state index in [0.717, 1.165) is 15.7 Å². The number of carboxylic acid groups (broad SMARTS) is 1. The topological polar surface area (TPSA) is 112 Å². The number of aromatic nitrogens is 3. The number of amides is 2. The molecule has 0 unspecified atom stereocenters. The van der Waals surface area contributed by atoms with Crippen LogP contribution in [0.15, 0.2) is 36.4 Å². The third-order valence-electron chi connectivity index (χ3n) is 4.32. The van der Waals surface area contributed by atoms with E-state index in [1.54, 1.807) is 45.4 Å². The first-order chi connectivity index (χ1) is 14.7. The smallest absolute Gasteiger partial charge is 0.335 e. The molecular formula is C20H21ClN6O3S. The Balaban J connectivity index is 0.000000339. The van der Waals surface area contributed by atoms with Crippen LogP contribution in [-0.2, 0) is 7.05 Å². The van der Waals surface area contributed by atoms with Gasteiger partial charge in [-0.25, -0.2) is 19.6 Å². The van der Waals surface area contributed by atoms with Crippen molar-refractivity contribution < 1.29 is 14.7 Å². The summed E-state index contributed by atoms with van der Waals surface area (Å²) >= 11 is 7.48. The third kappa shape index (κ3) is 5.04. The number of thiazole rings is 1. The number of aryl methyl sites for hydroxylation is 1. The Morgan fingerprint density at radius 2 is 1.87 bits per heavy atom. The maximum absolute atomic E-state index is 11.1. The molecule has 0 saturated carbocycles. The van der Waals surface area contributed by atoms with Crippen LogP contribution in [0, 0.1) is 0 Å². The van der Waals surface area contributed by atoms with Crippen molar-refractivity contribution in [1.82, 2.24) is 24.8 Å². The molecule has 0 saturated heterocycles. The number of imidazole rings is 1. The molecule has 9 nitrogen and oxygen atoms in total. The van der Waals surface area contributed by atoms with Gasteiger partial charge in [-0.1, -0.05) is 22.9 Å². The number of carbonyl (C=O) groups excluding carboxylic acids is 1. The fraction of sp³-hybridized carbons (Fsp3) is 0.200. The minimum absolute atomic E-state index is 0.0694. The fourth-order valence-electron chi connectivity index (χ4n) is 2.72. The summed E-state index contributed by atoms with van der Waals surface area (Å²) < 4.78 is 2.84. The minimum atomic E-state index is -0.972. The highest BCUT2D eigenvalue weighted by molar-refractivity contribution is 7.22. The van der Waals surface area contributed by atoms with Crippen LogP contribution in [0.2, 0.25) is 5.02 Å². The van der Waals surface area contributed by atoms with E-state index in [1.807, 2.05) is 23.7 Å². The highest BCUT2D eigenvalue weighted by Crippen LogP contribution is 2.30. The van der Waals surface area contributed by atoms with Crippen LogP contribution in [0.5, 0.6) is 0 Å². The first-order valence-corrected chi connectivity index (χ1v) is 10.3. The van der Waals surface area contributed by atoms with Crippen molar-refractivity contribution in [2.75, 3.05) is 26.5 Å². The number of aromatic carboxylic acids is 1. The quantitative estimate of drug-likeness (QED) is 0.423. The highest BCUT2D eigenvalue weighted by atomic mass is 35.5. The second kappa shape index (κ2) is 9.19. The van der Waals surface area contributed by atoms with E-state index in [2.05, 4.69) is 20.6 Å². The molecule has 0 bridgehead atoms. The first-order valence-electron chi connectivity index (χ1n) is 9.11. The second-order valence-electron chi connectivity index (χ2n) is 6.71. The molecule has 4 rings (SSSR count). The number of benzene rings is 2. The lowest BCUT2D eigenvalue weighted by Crippen LogP contribution is -2.31. The number of fused-ring (bicyclic) bond motifs is 2. The van der Waals surface area contributed by atoms with Crippen LogP contribution < -0.4 is 10.6 Å². The first kappa shape index (κ1) is 22.3.